The molecule has 0 radical (unpaired) electrons. The van der Waals surface area contributed by atoms with Crippen molar-refractivity contribution in [2.45, 2.75) is 12.5 Å². The summed E-state index contributed by atoms with van der Waals surface area (Å²) in [4.78, 5) is 12.0. The van der Waals surface area contributed by atoms with E-state index in [-0.39, 0.29) is 12.1 Å². The van der Waals surface area contributed by atoms with Crippen molar-refractivity contribution in [3.63, 3.8) is 0 Å². The number of halogens is 2. The highest BCUT2D eigenvalue weighted by molar-refractivity contribution is 5.94. The zero-order valence-electron chi connectivity index (χ0n) is 12.8. The first kappa shape index (κ1) is 16.9. The van der Waals surface area contributed by atoms with Gasteiger partial charge in [-0.2, -0.15) is 0 Å². The van der Waals surface area contributed by atoms with Crippen LogP contribution < -0.4 is 10.1 Å². The molecule has 0 aliphatic carbocycles. The molecule has 0 aliphatic heterocycles. The molecule has 122 valence electrons. The fourth-order valence-corrected chi connectivity index (χ4v) is 2.07. The average molecular weight is 321 g/mol. The van der Waals surface area contributed by atoms with E-state index in [1.807, 2.05) is 0 Å². The van der Waals surface area contributed by atoms with Gasteiger partial charge >= 0.3 is 0 Å². The Morgan fingerprint density at radius 1 is 1.22 bits per heavy atom. The Kier molecular flexibility index (Phi) is 4.95. The molecule has 0 aliphatic rings. The second kappa shape index (κ2) is 6.75. The van der Waals surface area contributed by atoms with Gasteiger partial charge in [-0.15, -0.1) is 0 Å². The average Bonchev–Trinajstić information content (AvgIpc) is 2.53. The van der Waals surface area contributed by atoms with Gasteiger partial charge in [0, 0.05) is 6.07 Å². The second-order valence-electron chi connectivity index (χ2n) is 5.31. The first-order valence-electron chi connectivity index (χ1n) is 6.93. The van der Waals surface area contributed by atoms with Crippen LogP contribution in [0.25, 0.3) is 0 Å². The molecule has 2 N–H and O–H groups in total. The maximum Gasteiger partial charge on any atom is 0.254 e. The number of amides is 1. The highest BCUT2D eigenvalue weighted by Gasteiger charge is 2.24. The van der Waals surface area contributed by atoms with Crippen molar-refractivity contribution < 1.29 is 23.4 Å². The third-order valence-corrected chi connectivity index (χ3v) is 3.48. The van der Waals surface area contributed by atoms with Gasteiger partial charge in [0.05, 0.1) is 19.2 Å². The van der Waals surface area contributed by atoms with Crippen molar-refractivity contribution in [2.75, 3.05) is 13.7 Å². The number of nitrogens with one attached hydrogen (secondary N) is 1. The normalized spacial score (nSPS) is 13.3. The fourth-order valence-electron chi connectivity index (χ4n) is 2.07. The van der Waals surface area contributed by atoms with Gasteiger partial charge in [0.25, 0.3) is 5.91 Å². The van der Waals surface area contributed by atoms with Crippen molar-refractivity contribution in [1.29, 1.82) is 0 Å². The molecule has 0 fully saturated rings. The van der Waals surface area contributed by atoms with Gasteiger partial charge in [0.2, 0.25) is 0 Å². The number of ether oxygens (including phenoxy) is 1. The highest BCUT2D eigenvalue weighted by Crippen LogP contribution is 2.21. The Labute approximate surface area is 132 Å². The highest BCUT2D eigenvalue weighted by atomic mass is 19.1. The van der Waals surface area contributed by atoms with Crippen molar-refractivity contribution in [2.24, 2.45) is 0 Å². The van der Waals surface area contributed by atoms with Crippen LogP contribution in [0.5, 0.6) is 5.75 Å². The number of methoxy groups -OCH3 is 1. The van der Waals surface area contributed by atoms with Gasteiger partial charge in [-0.3, -0.25) is 4.79 Å². The van der Waals surface area contributed by atoms with Crippen molar-refractivity contribution in [1.82, 2.24) is 5.32 Å². The molecule has 1 amide bonds. The lowest BCUT2D eigenvalue weighted by Gasteiger charge is -2.24. The van der Waals surface area contributed by atoms with Gasteiger partial charge < -0.3 is 15.2 Å². The van der Waals surface area contributed by atoms with Crippen LogP contribution in [-0.2, 0) is 5.60 Å². The summed E-state index contributed by atoms with van der Waals surface area (Å²) >= 11 is 0. The molecule has 0 saturated carbocycles. The van der Waals surface area contributed by atoms with Gasteiger partial charge in [0.1, 0.15) is 23.0 Å². The summed E-state index contributed by atoms with van der Waals surface area (Å²) < 4.78 is 31.6. The molecule has 2 rings (SSSR count). The zero-order valence-corrected chi connectivity index (χ0v) is 12.8. The molecule has 0 spiro atoms. The molecule has 2 aromatic rings. The monoisotopic (exact) mass is 321 g/mol. The van der Waals surface area contributed by atoms with Gasteiger partial charge in [-0.25, -0.2) is 8.78 Å². The first-order valence-corrected chi connectivity index (χ1v) is 6.93. The number of carbonyl (C=O) groups excluding carboxylic acids is 1. The topological polar surface area (TPSA) is 58.6 Å². The van der Waals surface area contributed by atoms with Crippen LogP contribution in [0.4, 0.5) is 8.78 Å². The molecule has 1 unspecified atom stereocenters. The van der Waals surface area contributed by atoms with Crippen molar-refractivity contribution in [3.8, 4) is 5.75 Å². The summed E-state index contributed by atoms with van der Waals surface area (Å²) in [6, 6.07) is 9.16. The summed E-state index contributed by atoms with van der Waals surface area (Å²) in [6.45, 7) is 1.33. The predicted molar refractivity (Wildman–Crippen MR) is 81.3 cm³/mol. The molecule has 0 heterocycles. The summed E-state index contributed by atoms with van der Waals surface area (Å²) in [5, 5.41) is 12.8. The quantitative estimate of drug-likeness (QED) is 0.890. The molecule has 0 aromatic heterocycles. The summed E-state index contributed by atoms with van der Waals surface area (Å²) in [5.41, 5.74) is -1.12. The van der Waals surface area contributed by atoms with Gasteiger partial charge in [0.15, 0.2) is 0 Å². The third kappa shape index (κ3) is 4.04. The maximum absolute atomic E-state index is 13.8. The van der Waals surface area contributed by atoms with E-state index in [4.69, 9.17) is 4.74 Å². The number of benzene rings is 2. The van der Waals surface area contributed by atoms with Crippen molar-refractivity contribution in [3.05, 3.63) is 65.2 Å². The van der Waals surface area contributed by atoms with E-state index in [0.29, 0.717) is 11.3 Å². The third-order valence-electron chi connectivity index (χ3n) is 3.48. The summed E-state index contributed by atoms with van der Waals surface area (Å²) in [7, 11) is 1.40. The lowest BCUT2D eigenvalue weighted by atomic mass is 9.96. The minimum Gasteiger partial charge on any atom is -0.497 e. The Bertz CT molecular complexity index is 699. The Morgan fingerprint density at radius 2 is 1.87 bits per heavy atom. The Hall–Kier alpha value is -2.47. The van der Waals surface area contributed by atoms with Crippen LogP contribution in [0.1, 0.15) is 22.8 Å². The minimum absolute atomic E-state index is 0.150. The number of hydrogen-bond acceptors (Lipinski definition) is 3. The van der Waals surface area contributed by atoms with E-state index in [2.05, 4.69) is 5.32 Å². The number of hydrogen-bond donors (Lipinski definition) is 2. The van der Waals surface area contributed by atoms with E-state index in [9.17, 15) is 18.7 Å². The van der Waals surface area contributed by atoms with Gasteiger partial charge in [-0.1, -0.05) is 12.1 Å². The van der Waals surface area contributed by atoms with Crippen molar-refractivity contribution >= 4 is 5.91 Å². The first-order chi connectivity index (χ1) is 10.8. The van der Waals surface area contributed by atoms with Crippen LogP contribution in [0.3, 0.4) is 0 Å². The molecular formula is C17H17F2NO3. The SMILES string of the molecule is COc1ccc(C(=O)NCC(C)(O)c2ccc(F)cc2)c(F)c1. The molecule has 0 saturated heterocycles. The van der Waals surface area contributed by atoms with E-state index in [1.54, 1.807) is 0 Å². The molecule has 2 aromatic carbocycles. The summed E-state index contributed by atoms with van der Waals surface area (Å²) in [5.74, 6) is -1.50. The molecular weight excluding hydrogens is 304 g/mol. The molecule has 23 heavy (non-hydrogen) atoms. The molecule has 4 nitrogen and oxygen atoms in total. The second-order valence-corrected chi connectivity index (χ2v) is 5.31. The van der Waals surface area contributed by atoms with E-state index in [1.165, 1.54) is 50.4 Å². The number of carbonyl (C=O) groups is 1. The van der Waals surface area contributed by atoms with E-state index in [0.717, 1.165) is 6.07 Å². The van der Waals surface area contributed by atoms with Crippen LogP contribution in [0.2, 0.25) is 0 Å². The smallest absolute Gasteiger partial charge is 0.254 e. The fraction of sp³-hybridized carbons (Fsp3) is 0.235. The minimum atomic E-state index is -1.41. The largest absolute Gasteiger partial charge is 0.497 e. The molecule has 1 atom stereocenters. The van der Waals surface area contributed by atoms with Crippen LogP contribution in [0.15, 0.2) is 42.5 Å². The zero-order chi connectivity index (χ0) is 17.0. The van der Waals surface area contributed by atoms with Crippen LogP contribution >= 0.6 is 0 Å². The lowest BCUT2D eigenvalue weighted by molar-refractivity contribution is 0.0524. The predicted octanol–water partition coefficient (Wildman–Crippen LogP) is 2.61. The van der Waals surface area contributed by atoms with Crippen LogP contribution in [-0.4, -0.2) is 24.7 Å². The van der Waals surface area contributed by atoms with E-state index >= 15 is 0 Å². The molecule has 6 heteroatoms. The molecule has 0 bridgehead atoms. The standard InChI is InChI=1S/C17H17F2NO3/c1-17(22,11-3-5-12(18)6-4-11)10-20-16(21)14-8-7-13(23-2)9-15(14)19/h3-9,22H,10H2,1-2H3,(H,20,21). The maximum atomic E-state index is 13.8. The number of rotatable bonds is 5. The van der Waals surface area contributed by atoms with Gasteiger partial charge in [-0.05, 0) is 36.8 Å². The Morgan fingerprint density at radius 3 is 2.43 bits per heavy atom. The van der Waals surface area contributed by atoms with E-state index < -0.39 is 23.1 Å². The summed E-state index contributed by atoms with van der Waals surface area (Å²) in [6.07, 6.45) is 0. The lowest BCUT2D eigenvalue weighted by Crippen LogP contribution is -2.38. The number of aliphatic hydroxyl groups is 1. The van der Waals surface area contributed by atoms with Crippen LogP contribution in [0, 0.1) is 11.6 Å². The Balaban J connectivity index is 2.07.